The molecular formula is C13H18N6O3. The van der Waals surface area contributed by atoms with Crippen molar-refractivity contribution in [3.8, 4) is 0 Å². The van der Waals surface area contributed by atoms with E-state index in [0.29, 0.717) is 0 Å². The molecule has 2 rings (SSSR count). The Labute approximate surface area is 125 Å². The second-order valence-corrected chi connectivity index (χ2v) is 4.87. The molecule has 0 aliphatic heterocycles. The highest BCUT2D eigenvalue weighted by molar-refractivity contribution is 5.83. The summed E-state index contributed by atoms with van der Waals surface area (Å²) in [6.45, 7) is 1.57. The summed E-state index contributed by atoms with van der Waals surface area (Å²) in [5.41, 5.74) is 5.07. The van der Waals surface area contributed by atoms with Gasteiger partial charge in [-0.3, -0.25) is 20.0 Å². The normalized spacial score (nSPS) is 17.0. The van der Waals surface area contributed by atoms with Crippen LogP contribution in [0, 0.1) is 0 Å². The first-order chi connectivity index (χ1) is 10.6. The lowest BCUT2D eigenvalue weighted by atomic mass is 10.0. The Kier molecular flexibility index (Phi) is 5.12. The van der Waals surface area contributed by atoms with E-state index in [1.807, 2.05) is 4.98 Å². The van der Waals surface area contributed by atoms with Crippen molar-refractivity contribution in [1.29, 1.82) is 0 Å². The molecular weight excluding hydrogens is 288 g/mol. The third-order valence-corrected chi connectivity index (χ3v) is 3.11. The monoisotopic (exact) mass is 306 g/mol. The summed E-state index contributed by atoms with van der Waals surface area (Å²) < 4.78 is 0. The first kappa shape index (κ1) is 15.5. The van der Waals surface area contributed by atoms with Gasteiger partial charge in [0.15, 0.2) is 0 Å². The largest absolute Gasteiger partial charge is 0.353 e. The quantitative estimate of drug-likeness (QED) is 0.368. The molecule has 0 saturated heterocycles. The summed E-state index contributed by atoms with van der Waals surface area (Å²) in [6, 6.07) is -0.711. The van der Waals surface area contributed by atoms with Crippen LogP contribution in [0.1, 0.15) is 26.2 Å². The van der Waals surface area contributed by atoms with Crippen LogP contribution in [0.25, 0.3) is 0 Å². The zero-order valence-corrected chi connectivity index (χ0v) is 12.1. The van der Waals surface area contributed by atoms with E-state index in [-0.39, 0.29) is 11.7 Å². The fraction of sp³-hybridized carbons (Fsp3) is 0.385. The van der Waals surface area contributed by atoms with Crippen LogP contribution in [-0.4, -0.2) is 27.1 Å². The number of H-pyrrole nitrogens is 2. The summed E-state index contributed by atoms with van der Waals surface area (Å²) >= 11 is 0. The molecule has 118 valence electrons. The number of aromatic nitrogens is 3. The SMILES string of the molecule is C[C@@H](Nc1n[nH]c(=O)[nH]c1=O)C(=O)NN/C=C1\CC=CCC1. The third-order valence-electron chi connectivity index (χ3n) is 3.11. The van der Waals surface area contributed by atoms with Gasteiger partial charge >= 0.3 is 5.69 Å². The molecule has 0 radical (unpaired) electrons. The number of hydrazine groups is 1. The van der Waals surface area contributed by atoms with Crippen LogP contribution in [-0.2, 0) is 4.79 Å². The number of rotatable bonds is 5. The highest BCUT2D eigenvalue weighted by atomic mass is 16.2. The Morgan fingerprint density at radius 2 is 2.23 bits per heavy atom. The third kappa shape index (κ3) is 4.33. The van der Waals surface area contributed by atoms with Crippen molar-refractivity contribution < 1.29 is 4.79 Å². The molecule has 1 heterocycles. The minimum Gasteiger partial charge on any atom is -0.353 e. The van der Waals surface area contributed by atoms with Crippen LogP contribution >= 0.6 is 0 Å². The lowest BCUT2D eigenvalue weighted by Gasteiger charge is -2.14. The summed E-state index contributed by atoms with van der Waals surface area (Å²) in [4.78, 5) is 36.2. The standard InChI is InChI=1S/C13H18N6O3/c1-8(15-10-12(21)16-13(22)19-17-10)11(20)18-14-7-9-5-3-2-4-6-9/h2-3,7-8,14H,4-6H2,1H3,(H,15,17)(H,18,20)(H2,16,19,21,22)/b9-7+/t8-/m1/s1. The van der Waals surface area contributed by atoms with Gasteiger partial charge in [-0.25, -0.2) is 9.89 Å². The first-order valence-electron chi connectivity index (χ1n) is 6.90. The van der Waals surface area contributed by atoms with E-state index in [1.54, 1.807) is 13.1 Å². The Morgan fingerprint density at radius 3 is 2.91 bits per heavy atom. The van der Waals surface area contributed by atoms with E-state index < -0.39 is 17.3 Å². The Balaban J connectivity index is 1.85. The molecule has 1 aliphatic carbocycles. The summed E-state index contributed by atoms with van der Waals surface area (Å²) in [5, 5.41) is 8.24. The highest BCUT2D eigenvalue weighted by Crippen LogP contribution is 2.15. The summed E-state index contributed by atoms with van der Waals surface area (Å²) in [5.74, 6) is -0.492. The minimum atomic E-state index is -0.711. The van der Waals surface area contributed by atoms with Crippen LogP contribution in [0.2, 0.25) is 0 Å². The number of anilines is 1. The van der Waals surface area contributed by atoms with Gasteiger partial charge in [-0.05, 0) is 31.8 Å². The first-order valence-corrected chi connectivity index (χ1v) is 6.90. The van der Waals surface area contributed by atoms with Gasteiger partial charge in [0.1, 0.15) is 6.04 Å². The van der Waals surface area contributed by atoms with Crippen LogP contribution in [0.4, 0.5) is 5.82 Å². The van der Waals surface area contributed by atoms with Crippen LogP contribution < -0.4 is 27.4 Å². The number of nitrogens with zero attached hydrogens (tertiary/aromatic N) is 1. The second kappa shape index (κ2) is 7.25. The molecule has 0 aromatic carbocycles. The van der Waals surface area contributed by atoms with Crippen molar-refractivity contribution in [3.63, 3.8) is 0 Å². The van der Waals surface area contributed by atoms with E-state index >= 15 is 0 Å². The zero-order chi connectivity index (χ0) is 15.9. The molecule has 1 atom stereocenters. The van der Waals surface area contributed by atoms with Crippen molar-refractivity contribution in [2.75, 3.05) is 5.32 Å². The van der Waals surface area contributed by atoms with Crippen LogP contribution in [0.3, 0.4) is 0 Å². The molecule has 0 fully saturated rings. The predicted octanol–water partition coefficient (Wildman–Crippen LogP) is -0.497. The topological polar surface area (TPSA) is 132 Å². The molecule has 1 amide bonds. The number of hydrogen-bond acceptors (Lipinski definition) is 6. The fourth-order valence-corrected chi connectivity index (χ4v) is 1.89. The van der Waals surface area contributed by atoms with Crippen molar-refractivity contribution in [2.45, 2.75) is 32.2 Å². The van der Waals surface area contributed by atoms with Crippen LogP contribution in [0.15, 0.2) is 33.5 Å². The van der Waals surface area contributed by atoms with Crippen molar-refractivity contribution in [1.82, 2.24) is 26.0 Å². The second-order valence-electron chi connectivity index (χ2n) is 4.87. The Bertz CT molecular complexity index is 702. The van der Waals surface area contributed by atoms with Crippen molar-refractivity contribution in [2.24, 2.45) is 0 Å². The average molecular weight is 306 g/mol. The van der Waals surface area contributed by atoms with Crippen LogP contribution in [0.5, 0.6) is 0 Å². The van der Waals surface area contributed by atoms with E-state index in [0.717, 1.165) is 19.3 Å². The van der Waals surface area contributed by atoms with Gasteiger partial charge in [0.05, 0.1) is 0 Å². The molecule has 1 aromatic heterocycles. The van der Waals surface area contributed by atoms with E-state index in [1.165, 1.54) is 5.57 Å². The van der Waals surface area contributed by atoms with Gasteiger partial charge in [-0.2, -0.15) is 0 Å². The maximum Gasteiger partial charge on any atom is 0.342 e. The van der Waals surface area contributed by atoms with Gasteiger partial charge in [-0.15, -0.1) is 5.10 Å². The smallest absolute Gasteiger partial charge is 0.342 e. The van der Waals surface area contributed by atoms with Gasteiger partial charge in [-0.1, -0.05) is 12.2 Å². The molecule has 1 aliphatic rings. The molecule has 0 unspecified atom stereocenters. The van der Waals surface area contributed by atoms with Gasteiger partial charge in [0, 0.05) is 6.20 Å². The fourth-order valence-electron chi connectivity index (χ4n) is 1.89. The lowest BCUT2D eigenvalue weighted by molar-refractivity contribution is -0.122. The number of nitrogens with one attached hydrogen (secondary N) is 5. The Hall–Kier alpha value is -2.84. The predicted molar refractivity (Wildman–Crippen MR) is 80.9 cm³/mol. The number of amides is 1. The number of carbonyl (C=O) groups is 1. The van der Waals surface area contributed by atoms with Crippen molar-refractivity contribution in [3.05, 3.63) is 44.8 Å². The minimum absolute atomic E-state index is 0.127. The molecule has 5 N–H and O–H groups in total. The van der Waals surface area contributed by atoms with E-state index in [4.69, 9.17) is 0 Å². The molecule has 0 spiro atoms. The maximum atomic E-state index is 11.9. The zero-order valence-electron chi connectivity index (χ0n) is 12.1. The molecule has 9 nitrogen and oxygen atoms in total. The van der Waals surface area contributed by atoms with E-state index in [2.05, 4.69) is 38.5 Å². The van der Waals surface area contributed by atoms with Gasteiger partial charge in [0.25, 0.3) is 11.5 Å². The van der Waals surface area contributed by atoms with E-state index in [9.17, 15) is 14.4 Å². The number of hydrogen-bond donors (Lipinski definition) is 5. The highest BCUT2D eigenvalue weighted by Gasteiger charge is 2.14. The number of aromatic amines is 2. The number of carbonyl (C=O) groups excluding carboxylic acids is 1. The molecule has 0 saturated carbocycles. The maximum absolute atomic E-state index is 11.9. The molecule has 22 heavy (non-hydrogen) atoms. The Morgan fingerprint density at radius 1 is 1.41 bits per heavy atom. The average Bonchev–Trinajstić information content (AvgIpc) is 2.51. The lowest BCUT2D eigenvalue weighted by Crippen LogP contribution is -2.44. The number of allylic oxidation sites excluding steroid dienone is 3. The van der Waals surface area contributed by atoms with Gasteiger partial charge in [0.2, 0.25) is 5.82 Å². The molecule has 0 bridgehead atoms. The summed E-state index contributed by atoms with van der Waals surface area (Å²) in [6.07, 6.45) is 8.80. The van der Waals surface area contributed by atoms with Gasteiger partial charge < -0.3 is 10.7 Å². The molecule has 1 aromatic rings. The molecule has 9 heteroatoms. The summed E-state index contributed by atoms with van der Waals surface area (Å²) in [7, 11) is 0. The van der Waals surface area contributed by atoms with Crippen molar-refractivity contribution >= 4 is 11.7 Å².